The first-order chi connectivity index (χ1) is 9.83. The van der Waals surface area contributed by atoms with Crippen molar-refractivity contribution in [2.45, 2.75) is 11.8 Å². The molecule has 0 unspecified atom stereocenters. The van der Waals surface area contributed by atoms with E-state index in [1.54, 1.807) is 0 Å². The minimum atomic E-state index is 0.538. The number of halogens is 2. The quantitative estimate of drug-likeness (QED) is 0.311. The summed E-state index contributed by atoms with van der Waals surface area (Å²) in [6.07, 6.45) is 0. The Morgan fingerprint density at radius 2 is 0.950 bits per heavy atom. The first-order valence-electron chi connectivity index (χ1n) is 6.63. The molecule has 0 saturated carbocycles. The molecular formula is C18H12Cl2. The predicted molar refractivity (Wildman–Crippen MR) is 89.3 cm³/mol. The summed E-state index contributed by atoms with van der Waals surface area (Å²) in [4.78, 5) is 0. The van der Waals surface area contributed by atoms with Crippen molar-refractivity contribution in [2.24, 2.45) is 0 Å². The smallest absolute Gasteiger partial charge is 0.0480 e. The first kappa shape index (κ1) is 12.3. The van der Waals surface area contributed by atoms with E-state index >= 15 is 0 Å². The van der Waals surface area contributed by atoms with E-state index in [0.717, 1.165) is 0 Å². The van der Waals surface area contributed by atoms with Gasteiger partial charge in [-0.05, 0) is 43.4 Å². The van der Waals surface area contributed by atoms with Crippen LogP contribution >= 0.6 is 23.2 Å². The van der Waals surface area contributed by atoms with Gasteiger partial charge in [-0.15, -0.1) is 23.2 Å². The van der Waals surface area contributed by atoms with Gasteiger partial charge in [0, 0.05) is 11.8 Å². The first-order valence-corrected chi connectivity index (χ1v) is 7.70. The minimum absolute atomic E-state index is 0.538. The van der Waals surface area contributed by atoms with E-state index in [1.165, 1.54) is 43.4 Å². The maximum Gasteiger partial charge on any atom is 0.0480 e. The van der Waals surface area contributed by atoms with Crippen molar-refractivity contribution in [1.82, 2.24) is 0 Å². The molecule has 0 nitrogen and oxygen atoms in total. The molecule has 0 bridgehead atoms. The van der Waals surface area contributed by atoms with Crippen LogP contribution < -0.4 is 0 Å². The molecule has 20 heavy (non-hydrogen) atoms. The zero-order valence-electron chi connectivity index (χ0n) is 10.8. The van der Waals surface area contributed by atoms with Crippen molar-refractivity contribution < 1.29 is 0 Å². The van der Waals surface area contributed by atoms with Crippen LogP contribution in [0.4, 0.5) is 0 Å². The van der Waals surface area contributed by atoms with E-state index in [4.69, 9.17) is 23.2 Å². The topological polar surface area (TPSA) is 0 Å². The summed E-state index contributed by atoms with van der Waals surface area (Å²) >= 11 is 12.2. The summed E-state index contributed by atoms with van der Waals surface area (Å²) in [5, 5.41) is 7.65. The molecule has 4 rings (SSSR count). The zero-order valence-corrected chi connectivity index (χ0v) is 12.3. The lowest BCUT2D eigenvalue weighted by Crippen LogP contribution is -1.90. The molecule has 0 aromatic heterocycles. The van der Waals surface area contributed by atoms with Crippen LogP contribution in [-0.2, 0) is 11.8 Å². The number of hydrogen-bond acceptors (Lipinski definition) is 0. The van der Waals surface area contributed by atoms with Gasteiger partial charge >= 0.3 is 0 Å². The van der Waals surface area contributed by atoms with Crippen LogP contribution in [0.5, 0.6) is 0 Å². The second kappa shape index (κ2) is 4.51. The highest BCUT2D eigenvalue weighted by Gasteiger charge is 2.12. The Balaban J connectivity index is 2.33. The Hall–Kier alpha value is -1.50. The van der Waals surface area contributed by atoms with Gasteiger partial charge in [0.25, 0.3) is 0 Å². The summed E-state index contributed by atoms with van der Waals surface area (Å²) in [6.45, 7) is 0. The largest absolute Gasteiger partial charge is 0.122 e. The van der Waals surface area contributed by atoms with Gasteiger partial charge < -0.3 is 0 Å². The maximum absolute atomic E-state index is 6.09. The lowest BCUT2D eigenvalue weighted by Gasteiger charge is -2.14. The fourth-order valence-corrected chi connectivity index (χ4v) is 3.62. The SMILES string of the molecule is ClCc1ccc2ccc3c(CCl)ccc4ccc1c2c43. The molecule has 0 N–H and O–H groups in total. The molecule has 4 aromatic carbocycles. The lowest BCUT2D eigenvalue weighted by molar-refractivity contribution is 1.45. The molecule has 0 heterocycles. The van der Waals surface area contributed by atoms with Gasteiger partial charge in [0.2, 0.25) is 0 Å². The number of benzene rings is 4. The van der Waals surface area contributed by atoms with Crippen LogP contribution in [0.25, 0.3) is 32.3 Å². The summed E-state index contributed by atoms with van der Waals surface area (Å²) in [7, 11) is 0. The molecule has 0 spiro atoms. The Kier molecular flexibility index (Phi) is 2.76. The third kappa shape index (κ3) is 1.55. The van der Waals surface area contributed by atoms with Gasteiger partial charge in [0.15, 0.2) is 0 Å². The molecule has 4 aromatic rings. The van der Waals surface area contributed by atoms with Gasteiger partial charge in [-0.3, -0.25) is 0 Å². The van der Waals surface area contributed by atoms with Crippen LogP contribution in [0.3, 0.4) is 0 Å². The molecule has 0 saturated heterocycles. The molecule has 0 aliphatic rings. The van der Waals surface area contributed by atoms with Crippen LogP contribution in [-0.4, -0.2) is 0 Å². The molecule has 0 radical (unpaired) electrons. The zero-order chi connectivity index (χ0) is 13.7. The third-order valence-electron chi connectivity index (χ3n) is 4.13. The molecule has 0 atom stereocenters. The fourth-order valence-electron chi connectivity index (χ4n) is 3.15. The Bertz CT molecular complexity index is 847. The monoisotopic (exact) mass is 298 g/mol. The Labute approximate surface area is 127 Å². The van der Waals surface area contributed by atoms with Crippen molar-refractivity contribution in [3.63, 3.8) is 0 Å². The van der Waals surface area contributed by atoms with Gasteiger partial charge in [0.1, 0.15) is 0 Å². The van der Waals surface area contributed by atoms with Gasteiger partial charge in [0.05, 0.1) is 0 Å². The number of alkyl halides is 2. The van der Waals surface area contributed by atoms with Crippen LogP contribution in [0.2, 0.25) is 0 Å². The van der Waals surface area contributed by atoms with E-state index in [-0.39, 0.29) is 0 Å². The standard InChI is InChI=1S/C18H12Cl2/c19-9-13-3-1-11-5-7-16-14(10-20)4-2-12-6-8-15(13)17(11)18(12)16/h1-8H,9-10H2. The lowest BCUT2D eigenvalue weighted by atomic mass is 9.91. The normalized spacial score (nSPS) is 11.9. The van der Waals surface area contributed by atoms with Gasteiger partial charge in [-0.1, -0.05) is 48.5 Å². The maximum atomic E-state index is 6.09. The van der Waals surface area contributed by atoms with Gasteiger partial charge in [-0.2, -0.15) is 0 Å². The minimum Gasteiger partial charge on any atom is -0.122 e. The average molecular weight is 299 g/mol. The predicted octanol–water partition coefficient (Wildman–Crippen LogP) is 6.06. The van der Waals surface area contributed by atoms with Crippen molar-refractivity contribution in [3.05, 3.63) is 59.7 Å². The van der Waals surface area contributed by atoms with E-state index in [9.17, 15) is 0 Å². The van der Waals surface area contributed by atoms with E-state index in [0.29, 0.717) is 11.8 Å². The number of hydrogen-bond donors (Lipinski definition) is 0. The molecule has 98 valence electrons. The summed E-state index contributed by atoms with van der Waals surface area (Å²) < 4.78 is 0. The molecule has 0 fully saturated rings. The Morgan fingerprint density at radius 3 is 1.35 bits per heavy atom. The third-order valence-corrected chi connectivity index (χ3v) is 4.71. The van der Waals surface area contributed by atoms with Gasteiger partial charge in [-0.25, -0.2) is 0 Å². The van der Waals surface area contributed by atoms with Crippen LogP contribution in [0.15, 0.2) is 48.5 Å². The summed E-state index contributed by atoms with van der Waals surface area (Å²) in [5.41, 5.74) is 2.37. The van der Waals surface area contributed by atoms with Crippen molar-refractivity contribution in [1.29, 1.82) is 0 Å². The van der Waals surface area contributed by atoms with Crippen LogP contribution in [0.1, 0.15) is 11.1 Å². The summed E-state index contributed by atoms with van der Waals surface area (Å²) in [5.74, 6) is 1.08. The second-order valence-electron chi connectivity index (χ2n) is 5.14. The van der Waals surface area contributed by atoms with Crippen molar-refractivity contribution in [3.8, 4) is 0 Å². The molecule has 2 heteroatoms. The van der Waals surface area contributed by atoms with E-state index in [2.05, 4.69) is 48.5 Å². The molecule has 0 aliphatic heterocycles. The average Bonchev–Trinajstić information content (AvgIpc) is 2.52. The van der Waals surface area contributed by atoms with Crippen molar-refractivity contribution >= 4 is 55.5 Å². The molecule has 0 aliphatic carbocycles. The highest BCUT2D eigenvalue weighted by molar-refractivity contribution is 6.26. The summed E-state index contributed by atoms with van der Waals surface area (Å²) in [6, 6.07) is 17.3. The Morgan fingerprint density at radius 1 is 0.550 bits per heavy atom. The van der Waals surface area contributed by atoms with E-state index in [1.807, 2.05) is 0 Å². The highest BCUT2D eigenvalue weighted by atomic mass is 35.5. The van der Waals surface area contributed by atoms with E-state index < -0.39 is 0 Å². The highest BCUT2D eigenvalue weighted by Crippen LogP contribution is 2.37. The number of rotatable bonds is 2. The molecule has 0 amide bonds. The second-order valence-corrected chi connectivity index (χ2v) is 5.67. The van der Waals surface area contributed by atoms with Crippen LogP contribution in [0, 0.1) is 0 Å². The fraction of sp³-hybridized carbons (Fsp3) is 0.111. The molecular weight excluding hydrogens is 287 g/mol. The van der Waals surface area contributed by atoms with Crippen molar-refractivity contribution in [2.75, 3.05) is 0 Å².